The summed E-state index contributed by atoms with van der Waals surface area (Å²) < 4.78 is 32.8. The molecule has 3 heterocycles. The molecule has 2 atom stereocenters. The summed E-state index contributed by atoms with van der Waals surface area (Å²) in [6, 6.07) is 25.3. The molecule has 2 N–H and O–H groups in total. The Morgan fingerprint density at radius 3 is 1.98 bits per heavy atom. The van der Waals surface area contributed by atoms with Crippen molar-refractivity contribution < 1.29 is 23.0 Å². The molecule has 0 bridgehead atoms. The van der Waals surface area contributed by atoms with Crippen LogP contribution in [-0.4, -0.2) is 41.5 Å². The molecule has 2 aromatic heterocycles. The van der Waals surface area contributed by atoms with Gasteiger partial charge in [-0.3, -0.25) is 0 Å². The summed E-state index contributed by atoms with van der Waals surface area (Å²) in [4.78, 5) is 0. The van der Waals surface area contributed by atoms with Gasteiger partial charge in [0.15, 0.2) is 0 Å². The van der Waals surface area contributed by atoms with Crippen LogP contribution in [0.4, 0.5) is 0 Å². The molecule has 2 fully saturated rings. The second kappa shape index (κ2) is 17.1. The standard InChI is InChI=1S/C56H78N2O5/c1-35(2)59-44-17-16-39-29-49(62-48(39)34-44)54(9,10)20-22-56(13,51-30-38-15-14-36(27-47(38)63-51)24-37-25-41(26-37)57-52(3,4)5)23-21-55(11,12)50-31-40-28-43(18-19-46(40)61-50)60-45-32-42(33-45)58-53(6,7)8/h14-19,27-28,30-31,34-35,37,41-42,45,49,57-58H,20-26,29,32-33H2,1-13H3/t37-,41+,42-,45-,49?,56?. The second-order valence-electron chi connectivity index (χ2n) is 23.9. The Bertz CT molecular complexity index is 2360. The molecule has 342 valence electrons. The van der Waals surface area contributed by atoms with E-state index in [-0.39, 0.29) is 45.6 Å². The number of benzene rings is 3. The van der Waals surface area contributed by atoms with Crippen LogP contribution in [0.1, 0.15) is 164 Å². The molecule has 2 unspecified atom stereocenters. The van der Waals surface area contributed by atoms with Crippen LogP contribution in [-0.2, 0) is 23.7 Å². The zero-order chi connectivity index (χ0) is 45.1. The van der Waals surface area contributed by atoms with E-state index in [2.05, 4.69) is 167 Å². The minimum absolute atomic E-state index is 0.0709. The first-order chi connectivity index (χ1) is 29.5. The zero-order valence-electron chi connectivity index (χ0n) is 40.9. The van der Waals surface area contributed by atoms with Gasteiger partial charge in [0.05, 0.1) is 6.10 Å². The van der Waals surface area contributed by atoms with Gasteiger partial charge in [0.25, 0.3) is 0 Å². The minimum Gasteiger partial charge on any atom is -0.491 e. The Balaban J connectivity index is 0.984. The van der Waals surface area contributed by atoms with Crippen LogP contribution in [0.25, 0.3) is 21.9 Å². The van der Waals surface area contributed by atoms with E-state index in [0.717, 1.165) is 96.7 Å². The van der Waals surface area contributed by atoms with Gasteiger partial charge in [-0.2, -0.15) is 0 Å². The van der Waals surface area contributed by atoms with Gasteiger partial charge in [-0.15, -0.1) is 0 Å². The molecule has 7 heteroatoms. The van der Waals surface area contributed by atoms with Crippen molar-refractivity contribution in [3.8, 4) is 17.2 Å². The van der Waals surface area contributed by atoms with Crippen molar-refractivity contribution in [2.75, 3.05) is 0 Å². The average molecular weight is 859 g/mol. The molecule has 1 aliphatic heterocycles. The maximum Gasteiger partial charge on any atom is 0.134 e. The predicted molar refractivity (Wildman–Crippen MR) is 259 cm³/mol. The number of furan rings is 2. The van der Waals surface area contributed by atoms with Crippen LogP contribution in [0, 0.1) is 11.3 Å². The quantitative estimate of drug-likeness (QED) is 0.0964. The third-order valence-electron chi connectivity index (χ3n) is 14.3. The molecule has 2 aliphatic carbocycles. The smallest absolute Gasteiger partial charge is 0.134 e. The first-order valence-corrected chi connectivity index (χ1v) is 24.2. The predicted octanol–water partition coefficient (Wildman–Crippen LogP) is 13.8. The van der Waals surface area contributed by atoms with E-state index in [0.29, 0.717) is 18.0 Å². The third kappa shape index (κ3) is 11.0. The number of ether oxygens (including phenoxy) is 3. The lowest BCUT2D eigenvalue weighted by Gasteiger charge is -2.40. The lowest BCUT2D eigenvalue weighted by atomic mass is 9.69. The summed E-state index contributed by atoms with van der Waals surface area (Å²) in [5.74, 6) is 5.55. The molecule has 7 nitrogen and oxygen atoms in total. The fourth-order valence-electron chi connectivity index (χ4n) is 10.3. The van der Waals surface area contributed by atoms with Crippen molar-refractivity contribution in [3.05, 3.63) is 89.4 Å². The fourth-order valence-corrected chi connectivity index (χ4v) is 10.3. The Kier molecular flexibility index (Phi) is 12.4. The number of hydrogen-bond donors (Lipinski definition) is 2. The van der Waals surface area contributed by atoms with E-state index in [9.17, 15) is 0 Å². The summed E-state index contributed by atoms with van der Waals surface area (Å²) >= 11 is 0. The summed E-state index contributed by atoms with van der Waals surface area (Å²) in [6.07, 6.45) is 10.9. The average Bonchev–Trinajstić information content (AvgIpc) is 3.91. The van der Waals surface area contributed by atoms with Gasteiger partial charge in [0.1, 0.15) is 52.1 Å². The van der Waals surface area contributed by atoms with Crippen LogP contribution < -0.4 is 24.8 Å². The van der Waals surface area contributed by atoms with E-state index >= 15 is 0 Å². The molecule has 3 aliphatic rings. The van der Waals surface area contributed by atoms with Gasteiger partial charge >= 0.3 is 0 Å². The van der Waals surface area contributed by atoms with Gasteiger partial charge in [0, 0.05) is 62.7 Å². The highest BCUT2D eigenvalue weighted by molar-refractivity contribution is 5.80. The molecule has 8 rings (SSSR count). The Morgan fingerprint density at radius 2 is 1.29 bits per heavy atom. The topological polar surface area (TPSA) is 78.0 Å². The van der Waals surface area contributed by atoms with Crippen LogP contribution in [0.3, 0.4) is 0 Å². The van der Waals surface area contributed by atoms with Crippen molar-refractivity contribution in [2.24, 2.45) is 11.3 Å². The largest absolute Gasteiger partial charge is 0.491 e. The van der Waals surface area contributed by atoms with Gasteiger partial charge in [-0.1, -0.05) is 52.8 Å². The molecule has 63 heavy (non-hydrogen) atoms. The maximum absolute atomic E-state index is 6.99. The molecule has 0 spiro atoms. The Hall–Kier alpha value is -3.94. The summed E-state index contributed by atoms with van der Waals surface area (Å²) in [7, 11) is 0. The third-order valence-corrected chi connectivity index (χ3v) is 14.3. The van der Waals surface area contributed by atoms with Crippen molar-refractivity contribution in [1.82, 2.24) is 10.6 Å². The van der Waals surface area contributed by atoms with Gasteiger partial charge in [-0.05, 0) is 173 Å². The summed E-state index contributed by atoms with van der Waals surface area (Å²) in [5.41, 5.74) is 4.34. The van der Waals surface area contributed by atoms with Gasteiger partial charge < -0.3 is 33.7 Å². The second-order valence-corrected chi connectivity index (χ2v) is 23.9. The molecule has 3 aromatic carbocycles. The zero-order valence-corrected chi connectivity index (χ0v) is 40.9. The lowest BCUT2D eigenvalue weighted by molar-refractivity contribution is 0.0735. The van der Waals surface area contributed by atoms with Gasteiger partial charge in [0.2, 0.25) is 0 Å². The molecule has 0 amide bonds. The van der Waals surface area contributed by atoms with Crippen LogP contribution in [0.15, 0.2) is 75.6 Å². The van der Waals surface area contributed by atoms with Crippen molar-refractivity contribution in [1.29, 1.82) is 0 Å². The van der Waals surface area contributed by atoms with E-state index in [4.69, 9.17) is 23.0 Å². The molecule has 5 aromatic rings. The normalized spacial score (nSPS) is 22.7. The van der Waals surface area contributed by atoms with Gasteiger partial charge in [-0.25, -0.2) is 0 Å². The first-order valence-electron chi connectivity index (χ1n) is 24.2. The van der Waals surface area contributed by atoms with E-state index in [1.54, 1.807) is 0 Å². The fraction of sp³-hybridized carbons (Fsp3) is 0.607. The Labute approximate surface area is 378 Å². The number of nitrogens with one attached hydrogen (secondary N) is 2. The molecular weight excluding hydrogens is 781 g/mol. The van der Waals surface area contributed by atoms with E-state index < -0.39 is 0 Å². The summed E-state index contributed by atoms with van der Waals surface area (Å²) in [6.45, 7) is 29.4. The highest BCUT2D eigenvalue weighted by Crippen LogP contribution is 2.47. The number of rotatable bonds is 17. The first kappa shape index (κ1) is 45.6. The van der Waals surface area contributed by atoms with Crippen LogP contribution >= 0.6 is 0 Å². The van der Waals surface area contributed by atoms with Crippen LogP contribution in [0.5, 0.6) is 17.2 Å². The van der Waals surface area contributed by atoms with Crippen LogP contribution in [0.2, 0.25) is 0 Å². The number of fused-ring (bicyclic) bond motifs is 3. The highest BCUT2D eigenvalue weighted by Gasteiger charge is 2.41. The molecule has 0 radical (unpaired) electrons. The Morgan fingerprint density at radius 1 is 0.635 bits per heavy atom. The summed E-state index contributed by atoms with van der Waals surface area (Å²) in [5, 5.41) is 9.78. The SMILES string of the molecule is CC(C)Oc1ccc2c(c1)OC(C(C)(C)CCC(C)(CCC(C)(C)c1cc3cc(O[C@H]4C[C@H](NC(C)(C)C)C4)ccc3o1)c1cc3ccc(C[C@H]4C[C@@H](NC(C)(C)C)C4)cc3o1)C2. The van der Waals surface area contributed by atoms with Crippen molar-refractivity contribution in [2.45, 2.75) is 207 Å². The minimum atomic E-state index is -0.215. The monoisotopic (exact) mass is 859 g/mol. The number of hydrogen-bond acceptors (Lipinski definition) is 7. The van der Waals surface area contributed by atoms with Crippen molar-refractivity contribution >= 4 is 21.9 Å². The van der Waals surface area contributed by atoms with Crippen molar-refractivity contribution in [3.63, 3.8) is 0 Å². The lowest BCUT2D eigenvalue weighted by Crippen LogP contribution is -2.53. The van der Waals surface area contributed by atoms with E-state index in [1.807, 2.05) is 0 Å². The molecule has 2 saturated carbocycles. The maximum atomic E-state index is 6.99. The highest BCUT2D eigenvalue weighted by atomic mass is 16.5. The van der Waals surface area contributed by atoms with E-state index in [1.165, 1.54) is 29.4 Å². The molecule has 0 saturated heterocycles. The molecular formula is C56H78N2O5.